The van der Waals surface area contributed by atoms with E-state index in [-0.39, 0.29) is 0 Å². The maximum Gasteiger partial charge on any atom is 0.335 e. The molecule has 3 rings (SSSR count). The number of carboxylic acid groups (broad SMARTS) is 1. The van der Waals surface area contributed by atoms with Gasteiger partial charge in [0.1, 0.15) is 54.8 Å². The monoisotopic (exact) mass is 568 g/mol. The molecule has 3 fully saturated rings. The molecule has 0 bridgehead atoms. The Morgan fingerprint density at radius 3 is 1.69 bits per heavy atom. The van der Waals surface area contributed by atoms with E-state index in [9.17, 15) is 50.1 Å². The van der Waals surface area contributed by atoms with Crippen molar-refractivity contribution in [1.82, 2.24) is 10.6 Å². The van der Waals surface area contributed by atoms with Crippen molar-refractivity contribution in [3.05, 3.63) is 0 Å². The molecule has 0 aromatic rings. The first-order chi connectivity index (χ1) is 18.1. The van der Waals surface area contributed by atoms with E-state index in [4.69, 9.17) is 23.7 Å². The third-order valence-corrected chi connectivity index (χ3v) is 6.78. The normalized spacial score (nSPS) is 46.8. The second kappa shape index (κ2) is 12.6. The summed E-state index contributed by atoms with van der Waals surface area (Å²) in [5.74, 6) is -2.99. The second-order valence-corrected chi connectivity index (χ2v) is 9.81. The molecule has 17 heteroatoms. The van der Waals surface area contributed by atoms with Gasteiger partial charge in [-0.25, -0.2) is 4.79 Å². The van der Waals surface area contributed by atoms with E-state index in [0.29, 0.717) is 0 Å². The van der Waals surface area contributed by atoms with Crippen LogP contribution in [0.15, 0.2) is 0 Å². The van der Waals surface area contributed by atoms with Gasteiger partial charge in [0.05, 0.1) is 12.2 Å². The molecule has 0 spiro atoms. The van der Waals surface area contributed by atoms with Crippen molar-refractivity contribution in [2.24, 2.45) is 0 Å². The zero-order valence-electron chi connectivity index (χ0n) is 21.6. The van der Waals surface area contributed by atoms with E-state index >= 15 is 0 Å². The maximum absolute atomic E-state index is 12.1. The van der Waals surface area contributed by atoms with Crippen LogP contribution in [-0.4, -0.2) is 146 Å². The van der Waals surface area contributed by atoms with Gasteiger partial charge in [0.25, 0.3) is 0 Å². The summed E-state index contributed by atoms with van der Waals surface area (Å²) in [7, 11) is 0. The third kappa shape index (κ3) is 6.83. The summed E-state index contributed by atoms with van der Waals surface area (Å²) in [6.07, 6.45) is -20.6. The van der Waals surface area contributed by atoms with E-state index < -0.39 is 110 Å². The molecule has 0 aromatic heterocycles. The fourth-order valence-electron chi connectivity index (χ4n) is 4.73. The van der Waals surface area contributed by atoms with Crippen LogP contribution in [0.25, 0.3) is 0 Å². The number of hydrogen-bond donors (Lipinski definition) is 9. The van der Waals surface area contributed by atoms with Gasteiger partial charge in [0.15, 0.2) is 25.0 Å². The number of hydrogen-bond acceptors (Lipinski definition) is 14. The average molecular weight is 569 g/mol. The minimum Gasteiger partial charge on any atom is -0.479 e. The lowest BCUT2D eigenvalue weighted by Crippen LogP contribution is -2.70. The molecular weight excluding hydrogens is 532 g/mol. The maximum atomic E-state index is 12.1. The summed E-state index contributed by atoms with van der Waals surface area (Å²) in [5.41, 5.74) is 0. The quantitative estimate of drug-likeness (QED) is 0.139. The molecule has 0 aromatic carbocycles. The highest BCUT2D eigenvalue weighted by molar-refractivity contribution is 5.75. The van der Waals surface area contributed by atoms with Crippen LogP contribution in [-0.2, 0) is 38.1 Å². The van der Waals surface area contributed by atoms with Crippen LogP contribution in [0.4, 0.5) is 0 Å². The summed E-state index contributed by atoms with van der Waals surface area (Å²) < 4.78 is 27.7. The molecule has 17 nitrogen and oxygen atoms in total. The molecule has 39 heavy (non-hydrogen) atoms. The number of amides is 2. The predicted molar refractivity (Wildman–Crippen MR) is 122 cm³/mol. The van der Waals surface area contributed by atoms with Crippen LogP contribution in [0.3, 0.4) is 0 Å². The molecule has 3 saturated heterocycles. The number of aliphatic hydroxyl groups is 6. The highest BCUT2D eigenvalue weighted by Crippen LogP contribution is 2.32. The summed E-state index contributed by atoms with van der Waals surface area (Å²) in [4.78, 5) is 35.5. The molecule has 3 aliphatic heterocycles. The number of nitrogens with one attached hydrogen (secondary N) is 2. The Kier molecular flexibility index (Phi) is 10.2. The Morgan fingerprint density at radius 1 is 0.641 bits per heavy atom. The van der Waals surface area contributed by atoms with Gasteiger partial charge in [-0.1, -0.05) is 0 Å². The number of ether oxygens (including phenoxy) is 5. The van der Waals surface area contributed by atoms with Crippen molar-refractivity contribution >= 4 is 17.8 Å². The van der Waals surface area contributed by atoms with Gasteiger partial charge in [-0.2, -0.15) is 0 Å². The standard InChI is InChI=1S/C22H36N2O15/c1-5-12(28)17(15(31)20(34)35-5)38-22-10(24-8(4)26)16(11(27)6(2)36-22)37-21-9(23-7(3)25)13(29)14(30)18(39-21)19(32)33/h5-6,9-18,20-22,27-31,34H,1-4H3,(H,23,25)(H,24,26)(H,32,33)/t5-,6+,9-,10+,11-,12+,13+,14+,15-,16-,17-,18-,20-,21+,22+/m1/s1. The first kappa shape index (κ1) is 31.5. The van der Waals surface area contributed by atoms with Crippen LogP contribution in [0.2, 0.25) is 0 Å². The first-order valence-electron chi connectivity index (χ1n) is 12.3. The van der Waals surface area contributed by atoms with Crippen LogP contribution in [0, 0.1) is 0 Å². The Labute approximate surface area is 222 Å². The van der Waals surface area contributed by atoms with Crippen LogP contribution in [0.1, 0.15) is 27.7 Å². The third-order valence-electron chi connectivity index (χ3n) is 6.78. The lowest BCUT2D eigenvalue weighted by atomic mass is 9.94. The van der Waals surface area contributed by atoms with Crippen molar-refractivity contribution in [2.75, 3.05) is 0 Å². The van der Waals surface area contributed by atoms with Crippen molar-refractivity contribution in [3.63, 3.8) is 0 Å². The average Bonchev–Trinajstić information content (AvgIpc) is 2.84. The Hall–Kier alpha value is -2.03. The Balaban J connectivity index is 1.94. The number of rotatable bonds is 7. The molecule has 0 aliphatic carbocycles. The molecule has 2 amide bonds. The Bertz CT molecular complexity index is 880. The van der Waals surface area contributed by atoms with Gasteiger partial charge in [0.2, 0.25) is 11.8 Å². The summed E-state index contributed by atoms with van der Waals surface area (Å²) in [5, 5.41) is 76.8. The molecule has 0 unspecified atom stereocenters. The summed E-state index contributed by atoms with van der Waals surface area (Å²) in [6, 6.07) is -2.91. The fraction of sp³-hybridized carbons (Fsp3) is 0.864. The van der Waals surface area contributed by atoms with Crippen molar-refractivity contribution in [3.8, 4) is 0 Å². The number of aliphatic hydroxyl groups excluding tert-OH is 6. The smallest absolute Gasteiger partial charge is 0.335 e. The van der Waals surface area contributed by atoms with E-state index in [1.807, 2.05) is 0 Å². The molecule has 224 valence electrons. The van der Waals surface area contributed by atoms with Crippen molar-refractivity contribution in [2.45, 2.75) is 120 Å². The van der Waals surface area contributed by atoms with Crippen LogP contribution < -0.4 is 10.6 Å². The van der Waals surface area contributed by atoms with E-state index in [0.717, 1.165) is 13.8 Å². The van der Waals surface area contributed by atoms with Gasteiger partial charge in [-0.15, -0.1) is 0 Å². The lowest BCUT2D eigenvalue weighted by molar-refractivity contribution is -0.350. The van der Waals surface area contributed by atoms with Crippen molar-refractivity contribution in [1.29, 1.82) is 0 Å². The molecule has 9 N–H and O–H groups in total. The van der Waals surface area contributed by atoms with E-state index in [2.05, 4.69) is 10.6 Å². The molecular formula is C22H36N2O15. The van der Waals surface area contributed by atoms with Crippen LogP contribution >= 0.6 is 0 Å². The molecule has 3 heterocycles. The SMILES string of the molecule is CC(=O)N[C@@H]1[C@H](O[C@H]2[C@@H](O)[C@H](O)O[C@H](C)[C@@H]2O)O[C@@H](C)[C@@H](O)[C@@H]1O[C@H]1O[C@@H](C(=O)O)[C@@H](O)[C@@H](O)[C@H]1NC(C)=O. The molecule has 0 radical (unpaired) electrons. The number of carbonyl (C=O) groups excluding carboxylic acids is 2. The van der Waals surface area contributed by atoms with Gasteiger partial charge < -0.3 is 70.1 Å². The van der Waals surface area contributed by atoms with E-state index in [1.54, 1.807) is 0 Å². The second-order valence-electron chi connectivity index (χ2n) is 9.81. The van der Waals surface area contributed by atoms with Gasteiger partial charge in [-0.05, 0) is 13.8 Å². The summed E-state index contributed by atoms with van der Waals surface area (Å²) >= 11 is 0. The molecule has 15 atom stereocenters. The van der Waals surface area contributed by atoms with E-state index in [1.165, 1.54) is 13.8 Å². The lowest BCUT2D eigenvalue weighted by Gasteiger charge is -2.49. The van der Waals surface area contributed by atoms with Crippen molar-refractivity contribution < 1.29 is 73.8 Å². The topological polar surface area (TPSA) is 263 Å². The number of carboxylic acids is 1. The van der Waals surface area contributed by atoms with Gasteiger partial charge >= 0.3 is 5.97 Å². The zero-order chi connectivity index (χ0) is 29.3. The zero-order valence-corrected chi connectivity index (χ0v) is 21.6. The fourth-order valence-corrected chi connectivity index (χ4v) is 4.73. The van der Waals surface area contributed by atoms with Gasteiger partial charge in [-0.3, -0.25) is 9.59 Å². The highest BCUT2D eigenvalue weighted by Gasteiger charge is 2.54. The first-order valence-corrected chi connectivity index (χ1v) is 12.3. The minimum absolute atomic E-state index is 0.657. The number of aliphatic carboxylic acids is 1. The van der Waals surface area contributed by atoms with Gasteiger partial charge in [0, 0.05) is 13.8 Å². The molecule has 3 aliphatic rings. The largest absolute Gasteiger partial charge is 0.479 e. The van der Waals surface area contributed by atoms with Crippen LogP contribution in [0.5, 0.6) is 0 Å². The molecule has 0 saturated carbocycles. The summed E-state index contributed by atoms with van der Waals surface area (Å²) in [6.45, 7) is 5.04. The Morgan fingerprint density at radius 2 is 1.13 bits per heavy atom. The minimum atomic E-state index is -1.98. The predicted octanol–water partition coefficient (Wildman–Crippen LogP) is -5.14. The highest BCUT2D eigenvalue weighted by atomic mass is 16.7. The number of carbonyl (C=O) groups is 3.